The van der Waals surface area contributed by atoms with E-state index < -0.39 is 12.1 Å². The van der Waals surface area contributed by atoms with Crippen LogP contribution in [-0.2, 0) is 11.3 Å². The van der Waals surface area contributed by atoms with E-state index in [0.29, 0.717) is 0 Å². The van der Waals surface area contributed by atoms with Crippen LogP contribution < -0.4 is 14.8 Å². The molecule has 9 heteroatoms. The third-order valence-corrected chi connectivity index (χ3v) is 7.20. The smallest absolute Gasteiger partial charge is 0.490 e. The molecule has 2 aromatic rings. The first-order chi connectivity index (χ1) is 18.2. The number of methoxy groups -OCH3 is 1. The topological polar surface area (TPSA) is 71.0 Å². The van der Waals surface area contributed by atoms with Gasteiger partial charge in [0.1, 0.15) is 17.2 Å². The summed E-state index contributed by atoms with van der Waals surface area (Å²) < 4.78 is 43.1. The van der Waals surface area contributed by atoms with Gasteiger partial charge in [-0.25, -0.2) is 4.79 Å². The maximum absolute atomic E-state index is 10.6. The molecule has 210 valence electrons. The highest BCUT2D eigenvalue weighted by Gasteiger charge is 2.38. The van der Waals surface area contributed by atoms with Crippen molar-refractivity contribution in [3.63, 3.8) is 0 Å². The average Bonchev–Trinajstić information content (AvgIpc) is 2.91. The molecule has 0 radical (unpaired) electrons. The van der Waals surface area contributed by atoms with Gasteiger partial charge >= 0.3 is 12.1 Å². The highest BCUT2D eigenvalue weighted by Crippen LogP contribution is 2.28. The fraction of sp³-hybridized carbons (Fsp3) is 0.552. The first-order valence-corrected chi connectivity index (χ1v) is 13.4. The average molecular weight is 537 g/mol. The van der Waals surface area contributed by atoms with Gasteiger partial charge in [0.05, 0.1) is 7.11 Å². The third-order valence-electron chi connectivity index (χ3n) is 7.20. The summed E-state index contributed by atoms with van der Waals surface area (Å²) in [5, 5.41) is 10.8. The van der Waals surface area contributed by atoms with Gasteiger partial charge in [0.15, 0.2) is 0 Å². The number of piperidine rings is 1. The van der Waals surface area contributed by atoms with E-state index >= 15 is 0 Å². The lowest BCUT2D eigenvalue weighted by atomic mass is 9.88. The monoisotopic (exact) mass is 536 g/mol. The molecule has 0 aromatic heterocycles. The zero-order chi connectivity index (χ0) is 27.4. The molecule has 2 aliphatic rings. The number of halogens is 3. The Hall–Kier alpha value is -2.78. The van der Waals surface area contributed by atoms with Crippen molar-refractivity contribution in [2.75, 3.05) is 33.3 Å². The van der Waals surface area contributed by atoms with Crippen LogP contribution in [0.3, 0.4) is 0 Å². The Bertz CT molecular complexity index is 971. The SMILES string of the molecule is COc1ccc(Oc2ccccc2CNCC2CCN(CC3CCCCC3)CC2)cc1.O=C(O)C(F)(F)F. The van der Waals surface area contributed by atoms with Gasteiger partial charge in [-0.3, -0.25) is 0 Å². The summed E-state index contributed by atoms with van der Waals surface area (Å²) in [6.07, 6.45) is 4.84. The zero-order valence-corrected chi connectivity index (χ0v) is 22.0. The predicted octanol–water partition coefficient (Wildman–Crippen LogP) is 6.50. The van der Waals surface area contributed by atoms with Gasteiger partial charge in [0.25, 0.3) is 0 Å². The first kappa shape index (κ1) is 29.8. The number of nitrogens with one attached hydrogen (secondary N) is 1. The highest BCUT2D eigenvalue weighted by molar-refractivity contribution is 5.73. The molecule has 0 unspecified atom stereocenters. The molecule has 4 rings (SSSR count). The number of likely N-dealkylation sites (tertiary alicyclic amines) is 1. The minimum Gasteiger partial charge on any atom is -0.497 e. The van der Waals surface area contributed by atoms with Crippen LogP contribution in [0.4, 0.5) is 13.2 Å². The van der Waals surface area contributed by atoms with Crippen LogP contribution in [0.25, 0.3) is 0 Å². The van der Waals surface area contributed by atoms with Crippen LogP contribution in [0.2, 0.25) is 0 Å². The van der Waals surface area contributed by atoms with E-state index in [1.165, 1.54) is 70.1 Å². The number of carboxylic acid groups (broad SMARTS) is 1. The molecule has 6 nitrogen and oxygen atoms in total. The third kappa shape index (κ3) is 10.2. The van der Waals surface area contributed by atoms with E-state index in [1.54, 1.807) is 7.11 Å². The van der Waals surface area contributed by atoms with Crippen molar-refractivity contribution in [1.82, 2.24) is 10.2 Å². The van der Waals surface area contributed by atoms with Gasteiger partial charge in [-0.15, -0.1) is 0 Å². The maximum atomic E-state index is 10.6. The molecule has 2 fully saturated rings. The van der Waals surface area contributed by atoms with Crippen molar-refractivity contribution in [2.45, 2.75) is 57.7 Å². The quantitative estimate of drug-likeness (QED) is 0.381. The fourth-order valence-corrected chi connectivity index (χ4v) is 5.04. The Morgan fingerprint density at radius 3 is 2.16 bits per heavy atom. The number of nitrogens with zero attached hydrogens (tertiary/aromatic N) is 1. The zero-order valence-electron chi connectivity index (χ0n) is 22.0. The number of ether oxygens (including phenoxy) is 2. The van der Waals surface area contributed by atoms with Gasteiger partial charge in [-0.2, -0.15) is 13.2 Å². The second-order valence-electron chi connectivity index (χ2n) is 10.1. The normalized spacial score (nSPS) is 17.4. The Kier molecular flexibility index (Phi) is 11.7. The molecule has 0 spiro atoms. The van der Waals surface area contributed by atoms with E-state index in [1.807, 2.05) is 36.4 Å². The van der Waals surface area contributed by atoms with E-state index in [9.17, 15) is 13.2 Å². The van der Waals surface area contributed by atoms with Crippen molar-refractivity contribution in [3.8, 4) is 17.2 Å². The van der Waals surface area contributed by atoms with Crippen molar-refractivity contribution in [1.29, 1.82) is 0 Å². The maximum Gasteiger partial charge on any atom is 0.490 e. The molecule has 38 heavy (non-hydrogen) atoms. The van der Waals surface area contributed by atoms with Crippen molar-refractivity contribution in [2.24, 2.45) is 11.8 Å². The number of para-hydroxylation sites is 1. The van der Waals surface area contributed by atoms with Crippen LogP contribution in [0.5, 0.6) is 17.2 Å². The number of alkyl halides is 3. The Morgan fingerprint density at radius 1 is 0.947 bits per heavy atom. The largest absolute Gasteiger partial charge is 0.497 e. The standard InChI is InChI=1S/C27H38N2O2.C2HF3O2/c1-30-25-11-13-26(14-12-25)31-27-10-6-5-9-24(27)20-28-19-22-15-17-29(18-16-22)21-23-7-3-2-4-8-23;3-2(4,5)1(6)7/h5-6,9-14,22-23,28H,2-4,7-8,15-21H2,1H3;(H,6,7). The summed E-state index contributed by atoms with van der Waals surface area (Å²) in [5.41, 5.74) is 1.20. The van der Waals surface area contributed by atoms with Crippen molar-refractivity contribution in [3.05, 3.63) is 54.1 Å². The van der Waals surface area contributed by atoms with E-state index in [-0.39, 0.29) is 0 Å². The number of benzene rings is 2. The van der Waals surface area contributed by atoms with Gasteiger partial charge in [-0.1, -0.05) is 37.5 Å². The Morgan fingerprint density at radius 2 is 1.55 bits per heavy atom. The molecule has 2 aromatic carbocycles. The number of hydrogen-bond donors (Lipinski definition) is 2. The van der Waals surface area contributed by atoms with E-state index in [0.717, 1.165) is 42.2 Å². The van der Waals surface area contributed by atoms with Gasteiger partial charge < -0.3 is 24.8 Å². The van der Waals surface area contributed by atoms with Crippen molar-refractivity contribution >= 4 is 5.97 Å². The minimum absolute atomic E-state index is 0.789. The van der Waals surface area contributed by atoms with E-state index in [4.69, 9.17) is 19.4 Å². The highest BCUT2D eigenvalue weighted by atomic mass is 19.4. The van der Waals surface area contributed by atoms with Crippen molar-refractivity contribution < 1.29 is 32.5 Å². The number of rotatable bonds is 9. The predicted molar refractivity (Wildman–Crippen MR) is 141 cm³/mol. The lowest BCUT2D eigenvalue weighted by Gasteiger charge is -2.35. The number of hydrogen-bond acceptors (Lipinski definition) is 5. The van der Waals surface area contributed by atoms with Crippen LogP contribution in [0.1, 0.15) is 50.5 Å². The second kappa shape index (κ2) is 15.0. The van der Waals surface area contributed by atoms with Crippen LogP contribution in [-0.4, -0.2) is 55.4 Å². The fourth-order valence-electron chi connectivity index (χ4n) is 5.04. The second-order valence-corrected chi connectivity index (χ2v) is 10.1. The van der Waals surface area contributed by atoms with Crippen LogP contribution in [0, 0.1) is 11.8 Å². The summed E-state index contributed by atoms with van der Waals surface area (Å²) in [4.78, 5) is 11.6. The number of carbonyl (C=O) groups is 1. The molecular formula is C29H39F3N2O4. The van der Waals surface area contributed by atoms with Crippen LogP contribution in [0.15, 0.2) is 48.5 Å². The molecule has 1 saturated carbocycles. The van der Waals surface area contributed by atoms with Gasteiger partial charge in [0.2, 0.25) is 0 Å². The van der Waals surface area contributed by atoms with Crippen LogP contribution >= 0.6 is 0 Å². The Labute approximate surface area is 223 Å². The molecule has 0 atom stereocenters. The lowest BCUT2D eigenvalue weighted by molar-refractivity contribution is -0.192. The molecule has 2 N–H and O–H groups in total. The Balaban J connectivity index is 0.000000505. The first-order valence-electron chi connectivity index (χ1n) is 13.4. The molecule has 0 amide bonds. The summed E-state index contributed by atoms with van der Waals surface area (Å²) in [5.74, 6) is 1.59. The molecule has 1 aliphatic heterocycles. The van der Waals surface area contributed by atoms with E-state index in [2.05, 4.69) is 22.3 Å². The van der Waals surface area contributed by atoms with Gasteiger partial charge in [-0.05, 0) is 87.5 Å². The summed E-state index contributed by atoms with van der Waals surface area (Å²) >= 11 is 0. The summed E-state index contributed by atoms with van der Waals surface area (Å²) in [6, 6.07) is 16.1. The van der Waals surface area contributed by atoms with Gasteiger partial charge in [0, 0.05) is 18.7 Å². The minimum atomic E-state index is -5.08. The molecule has 1 saturated heterocycles. The molecule has 1 aliphatic carbocycles. The molecular weight excluding hydrogens is 497 g/mol. The molecule has 0 bridgehead atoms. The lowest BCUT2D eigenvalue weighted by Crippen LogP contribution is -2.39. The number of aliphatic carboxylic acids is 1. The summed E-state index contributed by atoms with van der Waals surface area (Å²) in [7, 11) is 1.68. The number of carboxylic acids is 1. The summed E-state index contributed by atoms with van der Waals surface area (Å²) in [6.45, 7) is 5.83. The molecule has 1 heterocycles.